The fourth-order valence-electron chi connectivity index (χ4n) is 1.58. The second-order valence-corrected chi connectivity index (χ2v) is 4.58. The molecule has 0 aromatic heterocycles. The third-order valence-electron chi connectivity index (χ3n) is 2.77. The molecule has 1 rings (SSSR count). The fourth-order valence-corrected chi connectivity index (χ4v) is 1.91. The van der Waals surface area contributed by atoms with E-state index in [2.05, 4.69) is 24.8 Å². The van der Waals surface area contributed by atoms with Gasteiger partial charge in [-0.2, -0.15) is 5.26 Å². The predicted molar refractivity (Wildman–Crippen MR) is 68.9 cm³/mol. The summed E-state index contributed by atoms with van der Waals surface area (Å²) in [6.45, 7) is 5.37. The van der Waals surface area contributed by atoms with E-state index in [0.29, 0.717) is 16.5 Å². The Bertz CT molecular complexity index is 395. The van der Waals surface area contributed by atoms with Gasteiger partial charge in [0.25, 0.3) is 0 Å². The summed E-state index contributed by atoms with van der Waals surface area (Å²) in [6, 6.07) is 7.50. The van der Waals surface area contributed by atoms with Crippen LogP contribution < -0.4 is 4.90 Å². The first-order valence-electron chi connectivity index (χ1n) is 5.49. The summed E-state index contributed by atoms with van der Waals surface area (Å²) >= 11 is 6.14. The highest BCUT2D eigenvalue weighted by molar-refractivity contribution is 6.33. The molecule has 0 spiro atoms. The van der Waals surface area contributed by atoms with Gasteiger partial charge in [0, 0.05) is 13.6 Å². The van der Waals surface area contributed by atoms with Gasteiger partial charge in [-0.15, -0.1) is 0 Å². The van der Waals surface area contributed by atoms with Gasteiger partial charge in [0.05, 0.1) is 22.3 Å². The molecular formula is C13H17ClN2. The van der Waals surface area contributed by atoms with Gasteiger partial charge in [0.2, 0.25) is 0 Å². The molecule has 1 aromatic carbocycles. The lowest BCUT2D eigenvalue weighted by molar-refractivity contribution is 0.560. The van der Waals surface area contributed by atoms with Crippen LogP contribution in [0.4, 0.5) is 5.69 Å². The van der Waals surface area contributed by atoms with Crippen LogP contribution in [0.15, 0.2) is 18.2 Å². The molecule has 0 radical (unpaired) electrons. The summed E-state index contributed by atoms with van der Waals surface area (Å²) in [5.74, 6) is 0.636. The van der Waals surface area contributed by atoms with Crippen molar-refractivity contribution in [1.29, 1.82) is 5.26 Å². The molecule has 1 unspecified atom stereocenters. The summed E-state index contributed by atoms with van der Waals surface area (Å²) in [5.41, 5.74) is 1.59. The number of rotatable bonds is 4. The maximum absolute atomic E-state index is 8.75. The van der Waals surface area contributed by atoms with Crippen molar-refractivity contribution < 1.29 is 0 Å². The summed E-state index contributed by atoms with van der Waals surface area (Å²) in [6.07, 6.45) is 1.15. The first kappa shape index (κ1) is 12.9. The normalized spacial score (nSPS) is 11.9. The number of nitriles is 1. The van der Waals surface area contributed by atoms with Crippen molar-refractivity contribution in [2.24, 2.45) is 5.92 Å². The second-order valence-electron chi connectivity index (χ2n) is 4.17. The molecule has 3 heteroatoms. The Labute approximate surface area is 102 Å². The Kier molecular flexibility index (Phi) is 4.64. The van der Waals surface area contributed by atoms with Crippen LogP contribution in [0.5, 0.6) is 0 Å². The van der Waals surface area contributed by atoms with Gasteiger partial charge >= 0.3 is 0 Å². The lowest BCUT2D eigenvalue weighted by Gasteiger charge is -2.23. The zero-order valence-electron chi connectivity index (χ0n) is 10.00. The van der Waals surface area contributed by atoms with Crippen LogP contribution in [0.25, 0.3) is 0 Å². The number of hydrogen-bond acceptors (Lipinski definition) is 2. The molecule has 1 aromatic rings. The minimum atomic E-state index is 0.602. The number of nitrogens with zero attached hydrogens (tertiary/aromatic N) is 2. The third kappa shape index (κ3) is 3.15. The monoisotopic (exact) mass is 236 g/mol. The Morgan fingerprint density at radius 3 is 2.69 bits per heavy atom. The maximum Gasteiger partial charge on any atom is 0.0992 e. The zero-order valence-corrected chi connectivity index (χ0v) is 10.8. The van der Waals surface area contributed by atoms with Crippen molar-refractivity contribution >= 4 is 17.3 Å². The topological polar surface area (TPSA) is 27.0 Å². The van der Waals surface area contributed by atoms with Gasteiger partial charge in [0.15, 0.2) is 0 Å². The van der Waals surface area contributed by atoms with Gasteiger partial charge in [-0.25, -0.2) is 0 Å². The standard InChI is InChI=1S/C13H17ClN2/c1-4-10(2)9-16(3)13-6-5-11(8-15)7-12(13)14/h5-7,10H,4,9H2,1-3H3. The SMILES string of the molecule is CCC(C)CN(C)c1ccc(C#N)cc1Cl. The number of anilines is 1. The Morgan fingerprint density at radius 2 is 2.19 bits per heavy atom. The molecule has 0 bridgehead atoms. The second kappa shape index (κ2) is 5.77. The van der Waals surface area contributed by atoms with Crippen molar-refractivity contribution in [3.63, 3.8) is 0 Å². The smallest absolute Gasteiger partial charge is 0.0992 e. The average molecular weight is 237 g/mol. The average Bonchev–Trinajstić information content (AvgIpc) is 2.28. The fraction of sp³-hybridized carbons (Fsp3) is 0.462. The largest absolute Gasteiger partial charge is 0.373 e. The van der Waals surface area contributed by atoms with Crippen molar-refractivity contribution in [3.05, 3.63) is 28.8 Å². The minimum absolute atomic E-state index is 0.602. The quantitative estimate of drug-likeness (QED) is 0.797. The molecule has 0 heterocycles. The molecule has 0 aliphatic rings. The predicted octanol–water partition coefficient (Wildman–Crippen LogP) is 3.69. The van der Waals surface area contributed by atoms with Crippen LogP contribution in [-0.4, -0.2) is 13.6 Å². The summed E-state index contributed by atoms with van der Waals surface area (Å²) in [7, 11) is 2.03. The molecule has 0 fully saturated rings. The first-order valence-corrected chi connectivity index (χ1v) is 5.87. The molecule has 86 valence electrons. The van der Waals surface area contributed by atoms with E-state index in [1.165, 1.54) is 0 Å². The highest BCUT2D eigenvalue weighted by Crippen LogP contribution is 2.26. The number of benzene rings is 1. The van der Waals surface area contributed by atoms with Crippen molar-refractivity contribution in [2.45, 2.75) is 20.3 Å². The first-order chi connectivity index (χ1) is 7.58. The lowest BCUT2D eigenvalue weighted by atomic mass is 10.1. The van der Waals surface area contributed by atoms with E-state index < -0.39 is 0 Å². The van der Waals surface area contributed by atoms with Gasteiger partial charge < -0.3 is 4.90 Å². The molecule has 0 amide bonds. The van der Waals surface area contributed by atoms with Crippen molar-refractivity contribution in [1.82, 2.24) is 0 Å². The molecule has 0 aliphatic heterocycles. The summed E-state index contributed by atoms with van der Waals surface area (Å²) in [4.78, 5) is 2.14. The Balaban J connectivity index is 2.84. The van der Waals surface area contributed by atoms with Gasteiger partial charge in [-0.3, -0.25) is 0 Å². The van der Waals surface area contributed by atoms with E-state index in [9.17, 15) is 0 Å². The van der Waals surface area contributed by atoms with E-state index in [0.717, 1.165) is 18.7 Å². The third-order valence-corrected chi connectivity index (χ3v) is 3.07. The summed E-state index contributed by atoms with van der Waals surface area (Å²) < 4.78 is 0. The van der Waals surface area contributed by atoms with E-state index in [-0.39, 0.29) is 0 Å². The number of hydrogen-bond donors (Lipinski definition) is 0. The van der Waals surface area contributed by atoms with Crippen LogP contribution in [0.2, 0.25) is 5.02 Å². The van der Waals surface area contributed by atoms with Gasteiger partial charge in [0.1, 0.15) is 0 Å². The highest BCUT2D eigenvalue weighted by atomic mass is 35.5. The molecule has 0 saturated heterocycles. The van der Waals surface area contributed by atoms with Crippen LogP contribution in [-0.2, 0) is 0 Å². The minimum Gasteiger partial charge on any atom is -0.373 e. The van der Waals surface area contributed by atoms with E-state index in [4.69, 9.17) is 16.9 Å². The molecule has 0 saturated carbocycles. The Hall–Kier alpha value is -1.20. The lowest BCUT2D eigenvalue weighted by Crippen LogP contribution is -2.23. The van der Waals surface area contributed by atoms with Crippen molar-refractivity contribution in [2.75, 3.05) is 18.5 Å². The molecule has 1 atom stereocenters. The summed E-state index contributed by atoms with van der Waals surface area (Å²) in [5, 5.41) is 9.40. The van der Waals surface area contributed by atoms with Crippen LogP contribution >= 0.6 is 11.6 Å². The highest BCUT2D eigenvalue weighted by Gasteiger charge is 2.09. The van der Waals surface area contributed by atoms with E-state index in [1.807, 2.05) is 13.1 Å². The van der Waals surface area contributed by atoms with Crippen molar-refractivity contribution in [3.8, 4) is 6.07 Å². The van der Waals surface area contributed by atoms with Crippen LogP contribution in [0, 0.1) is 17.2 Å². The maximum atomic E-state index is 8.75. The van der Waals surface area contributed by atoms with Crippen LogP contribution in [0.1, 0.15) is 25.8 Å². The molecule has 0 aliphatic carbocycles. The molecular weight excluding hydrogens is 220 g/mol. The molecule has 2 nitrogen and oxygen atoms in total. The zero-order chi connectivity index (χ0) is 12.1. The molecule has 16 heavy (non-hydrogen) atoms. The van der Waals surface area contributed by atoms with E-state index in [1.54, 1.807) is 12.1 Å². The Morgan fingerprint density at radius 1 is 1.50 bits per heavy atom. The van der Waals surface area contributed by atoms with Crippen LogP contribution in [0.3, 0.4) is 0 Å². The van der Waals surface area contributed by atoms with Gasteiger partial charge in [-0.1, -0.05) is 31.9 Å². The van der Waals surface area contributed by atoms with Gasteiger partial charge in [-0.05, 0) is 24.1 Å². The van der Waals surface area contributed by atoms with E-state index >= 15 is 0 Å². The number of halogens is 1. The molecule has 0 N–H and O–H groups in total.